The number of carbonyl (C=O) groups excluding carboxylic acids is 2. The summed E-state index contributed by atoms with van der Waals surface area (Å²) in [5, 5.41) is 0. The number of benzene rings is 1. The zero-order chi connectivity index (χ0) is 11.8. The zero-order valence-electron chi connectivity index (χ0n) is 9.41. The van der Waals surface area contributed by atoms with Gasteiger partial charge in [-0.15, -0.1) is 0 Å². The molecule has 15 heavy (non-hydrogen) atoms. The topological polar surface area (TPSA) is 60.2 Å². The molecule has 1 aromatic rings. The number of hydrogen-bond acceptors (Lipinski definition) is 3. The van der Waals surface area contributed by atoms with E-state index in [1.165, 1.54) is 13.8 Å². The molecule has 0 saturated heterocycles. The Balaban J connectivity index is 0.000000583. The van der Waals surface area contributed by atoms with Crippen LogP contribution in [0.3, 0.4) is 0 Å². The van der Waals surface area contributed by atoms with Crippen LogP contribution < -0.4 is 5.73 Å². The molecule has 0 unspecified atom stereocenters. The molecule has 0 atom stereocenters. The predicted octanol–water partition coefficient (Wildman–Crippen LogP) is 2.06. The van der Waals surface area contributed by atoms with E-state index in [9.17, 15) is 9.59 Å². The van der Waals surface area contributed by atoms with E-state index in [-0.39, 0.29) is 11.6 Å². The van der Waals surface area contributed by atoms with Gasteiger partial charge in [0.1, 0.15) is 0 Å². The Kier molecular flexibility index (Phi) is 6.22. The Bertz CT molecular complexity index is 312. The summed E-state index contributed by atoms with van der Waals surface area (Å²) < 4.78 is 0. The van der Waals surface area contributed by atoms with Crippen LogP contribution in [-0.4, -0.2) is 18.1 Å². The van der Waals surface area contributed by atoms with Gasteiger partial charge in [0.2, 0.25) is 0 Å². The lowest BCUT2D eigenvalue weighted by Gasteiger charge is -2.00. The average Bonchev–Trinajstić information content (AvgIpc) is 2.19. The van der Waals surface area contributed by atoms with Gasteiger partial charge in [0.15, 0.2) is 11.6 Å². The van der Waals surface area contributed by atoms with Gasteiger partial charge in [-0.1, -0.05) is 31.2 Å². The molecule has 0 heterocycles. The van der Waals surface area contributed by atoms with E-state index < -0.39 is 0 Å². The first-order chi connectivity index (χ1) is 7.04. The molecule has 0 saturated carbocycles. The molecule has 3 nitrogen and oxygen atoms in total. The van der Waals surface area contributed by atoms with E-state index in [0.717, 1.165) is 6.54 Å². The lowest BCUT2D eigenvalue weighted by molar-refractivity contribution is 0.0981. The van der Waals surface area contributed by atoms with Gasteiger partial charge in [0, 0.05) is 11.1 Å². The maximum Gasteiger partial charge on any atom is 0.160 e. The molecule has 0 fully saturated rings. The lowest BCUT2D eigenvalue weighted by atomic mass is 10.0. The second kappa shape index (κ2) is 6.90. The minimum absolute atomic E-state index is 0.0687. The van der Waals surface area contributed by atoms with Gasteiger partial charge in [0.05, 0.1) is 0 Å². The summed E-state index contributed by atoms with van der Waals surface area (Å²) in [4.78, 5) is 22.0. The minimum Gasteiger partial charge on any atom is -0.331 e. The van der Waals surface area contributed by atoms with E-state index in [1.807, 2.05) is 6.92 Å². The third kappa shape index (κ3) is 4.51. The first-order valence-electron chi connectivity index (χ1n) is 4.85. The van der Waals surface area contributed by atoms with Crippen LogP contribution in [0, 0.1) is 0 Å². The molecule has 0 aliphatic carbocycles. The third-order valence-electron chi connectivity index (χ3n) is 1.69. The van der Waals surface area contributed by atoms with Crippen LogP contribution in [0.4, 0.5) is 0 Å². The van der Waals surface area contributed by atoms with Gasteiger partial charge in [-0.3, -0.25) is 9.59 Å². The molecular weight excluding hydrogens is 190 g/mol. The highest BCUT2D eigenvalue weighted by atomic mass is 16.1. The molecule has 0 amide bonds. The predicted molar refractivity (Wildman–Crippen MR) is 61.2 cm³/mol. The Morgan fingerprint density at radius 1 is 1.07 bits per heavy atom. The fraction of sp³-hybridized carbons (Fsp3) is 0.333. The summed E-state index contributed by atoms with van der Waals surface area (Å²) in [7, 11) is 0. The first kappa shape index (κ1) is 13.5. The normalized spacial score (nSPS) is 8.80. The Hall–Kier alpha value is -1.48. The number of Topliss-reactive ketones (excluding diaryl/α,β-unsaturated/α-hetero) is 2. The van der Waals surface area contributed by atoms with Crippen molar-refractivity contribution in [2.24, 2.45) is 5.73 Å². The molecule has 2 N–H and O–H groups in total. The van der Waals surface area contributed by atoms with E-state index in [1.54, 1.807) is 24.3 Å². The number of nitrogens with two attached hydrogens (primary N) is 1. The zero-order valence-corrected chi connectivity index (χ0v) is 9.41. The van der Waals surface area contributed by atoms with E-state index in [2.05, 4.69) is 0 Å². The molecule has 0 aliphatic heterocycles. The van der Waals surface area contributed by atoms with Gasteiger partial charge in [-0.25, -0.2) is 0 Å². The van der Waals surface area contributed by atoms with E-state index >= 15 is 0 Å². The SMILES string of the molecule is CC(=O)c1ccccc1C(C)=O.CCN. The van der Waals surface area contributed by atoms with Crippen LogP contribution in [-0.2, 0) is 0 Å². The van der Waals surface area contributed by atoms with Crippen LogP contribution >= 0.6 is 0 Å². The standard InChI is InChI=1S/C10H10O2.C2H7N/c1-7(11)9-5-3-4-6-10(9)8(2)12;1-2-3/h3-6H,1-2H3;2-3H2,1H3. The van der Waals surface area contributed by atoms with Crippen molar-refractivity contribution in [3.8, 4) is 0 Å². The summed E-state index contributed by atoms with van der Waals surface area (Å²) in [6, 6.07) is 6.84. The van der Waals surface area contributed by atoms with Crippen LogP contribution in [0.2, 0.25) is 0 Å². The van der Waals surface area contributed by atoms with Crippen molar-refractivity contribution in [3.63, 3.8) is 0 Å². The maximum atomic E-state index is 11.0. The number of hydrogen-bond donors (Lipinski definition) is 1. The second-order valence-electron chi connectivity index (χ2n) is 3.07. The second-order valence-corrected chi connectivity index (χ2v) is 3.07. The molecule has 0 bridgehead atoms. The molecule has 3 heteroatoms. The highest BCUT2D eigenvalue weighted by Gasteiger charge is 2.08. The van der Waals surface area contributed by atoms with Crippen molar-refractivity contribution in [1.82, 2.24) is 0 Å². The molecule has 0 spiro atoms. The van der Waals surface area contributed by atoms with Crippen molar-refractivity contribution in [1.29, 1.82) is 0 Å². The van der Waals surface area contributed by atoms with Crippen LogP contribution in [0.1, 0.15) is 41.5 Å². The first-order valence-corrected chi connectivity index (χ1v) is 4.85. The minimum atomic E-state index is -0.0687. The Morgan fingerprint density at radius 3 is 1.53 bits per heavy atom. The van der Waals surface area contributed by atoms with E-state index in [0.29, 0.717) is 11.1 Å². The van der Waals surface area contributed by atoms with Gasteiger partial charge < -0.3 is 5.73 Å². The smallest absolute Gasteiger partial charge is 0.160 e. The molecule has 1 rings (SSSR count). The number of ketones is 2. The largest absolute Gasteiger partial charge is 0.331 e. The third-order valence-corrected chi connectivity index (χ3v) is 1.69. The fourth-order valence-corrected chi connectivity index (χ4v) is 1.10. The molecule has 1 aromatic carbocycles. The van der Waals surface area contributed by atoms with Gasteiger partial charge in [-0.2, -0.15) is 0 Å². The molecule has 82 valence electrons. The Morgan fingerprint density at radius 2 is 1.33 bits per heavy atom. The van der Waals surface area contributed by atoms with Crippen molar-refractivity contribution in [3.05, 3.63) is 35.4 Å². The number of rotatable bonds is 2. The van der Waals surface area contributed by atoms with Crippen molar-refractivity contribution < 1.29 is 9.59 Å². The highest BCUT2D eigenvalue weighted by Crippen LogP contribution is 2.09. The quantitative estimate of drug-likeness (QED) is 0.755. The molecular formula is C12H17NO2. The average molecular weight is 207 g/mol. The van der Waals surface area contributed by atoms with Crippen molar-refractivity contribution in [2.75, 3.05) is 6.54 Å². The number of carbonyl (C=O) groups is 2. The van der Waals surface area contributed by atoms with Gasteiger partial charge >= 0.3 is 0 Å². The monoisotopic (exact) mass is 207 g/mol. The highest BCUT2D eigenvalue weighted by molar-refractivity contribution is 6.07. The lowest BCUT2D eigenvalue weighted by Crippen LogP contribution is -2.02. The van der Waals surface area contributed by atoms with E-state index in [4.69, 9.17) is 5.73 Å². The summed E-state index contributed by atoms with van der Waals surface area (Å²) in [6.45, 7) is 5.57. The van der Waals surface area contributed by atoms with Gasteiger partial charge in [-0.05, 0) is 20.4 Å². The summed E-state index contributed by atoms with van der Waals surface area (Å²) >= 11 is 0. The molecule has 0 aliphatic rings. The van der Waals surface area contributed by atoms with Crippen molar-refractivity contribution >= 4 is 11.6 Å². The van der Waals surface area contributed by atoms with Crippen LogP contribution in [0.5, 0.6) is 0 Å². The molecule has 0 aromatic heterocycles. The van der Waals surface area contributed by atoms with Crippen LogP contribution in [0.25, 0.3) is 0 Å². The Labute approximate surface area is 90.3 Å². The summed E-state index contributed by atoms with van der Waals surface area (Å²) in [6.07, 6.45) is 0. The summed E-state index contributed by atoms with van der Waals surface area (Å²) in [5.74, 6) is -0.137. The van der Waals surface area contributed by atoms with Crippen LogP contribution in [0.15, 0.2) is 24.3 Å². The maximum absolute atomic E-state index is 11.0. The molecule has 0 radical (unpaired) electrons. The van der Waals surface area contributed by atoms with Crippen molar-refractivity contribution in [2.45, 2.75) is 20.8 Å². The summed E-state index contributed by atoms with van der Waals surface area (Å²) in [5.41, 5.74) is 5.86. The fourth-order valence-electron chi connectivity index (χ4n) is 1.10. The van der Waals surface area contributed by atoms with Gasteiger partial charge in [0.25, 0.3) is 0 Å².